The Morgan fingerprint density at radius 1 is 1.13 bits per heavy atom. The molecular weight excluding hydrogens is 404 g/mol. The SMILES string of the molecule is COc1ccc(-c2nnc(S[C@@H](C)C(=O)Nc3ccc4[nH]c(=O)[nH]c4c3)n2C)cc1. The van der Waals surface area contributed by atoms with Crippen LogP contribution in [0, 0.1) is 0 Å². The van der Waals surface area contributed by atoms with Crippen molar-refractivity contribution >= 4 is 34.4 Å². The van der Waals surface area contributed by atoms with Gasteiger partial charge in [-0.05, 0) is 49.4 Å². The van der Waals surface area contributed by atoms with Gasteiger partial charge in [-0.25, -0.2) is 4.79 Å². The van der Waals surface area contributed by atoms with Crippen LogP contribution in [0.4, 0.5) is 5.69 Å². The Balaban J connectivity index is 1.46. The van der Waals surface area contributed by atoms with E-state index in [-0.39, 0.29) is 11.6 Å². The van der Waals surface area contributed by atoms with E-state index in [4.69, 9.17) is 4.74 Å². The van der Waals surface area contributed by atoms with E-state index in [1.165, 1.54) is 11.8 Å². The molecular formula is C20H20N6O3S. The number of hydrogen-bond acceptors (Lipinski definition) is 6. The van der Waals surface area contributed by atoms with Gasteiger partial charge >= 0.3 is 5.69 Å². The van der Waals surface area contributed by atoms with E-state index >= 15 is 0 Å². The Morgan fingerprint density at radius 2 is 1.87 bits per heavy atom. The lowest BCUT2D eigenvalue weighted by Crippen LogP contribution is -2.22. The second-order valence-electron chi connectivity index (χ2n) is 6.68. The second kappa shape index (κ2) is 8.07. The number of aromatic amines is 2. The Morgan fingerprint density at radius 3 is 2.60 bits per heavy atom. The van der Waals surface area contributed by atoms with E-state index in [1.807, 2.05) is 35.9 Å². The molecule has 0 saturated carbocycles. The van der Waals surface area contributed by atoms with Gasteiger partial charge < -0.3 is 24.6 Å². The Hall–Kier alpha value is -3.53. The van der Waals surface area contributed by atoms with E-state index < -0.39 is 5.25 Å². The number of ether oxygens (including phenoxy) is 1. The maximum atomic E-state index is 12.6. The first kappa shape index (κ1) is 19.8. The molecule has 2 aromatic carbocycles. The Kier molecular flexibility index (Phi) is 5.32. The third kappa shape index (κ3) is 3.94. The zero-order valence-corrected chi connectivity index (χ0v) is 17.4. The topological polar surface area (TPSA) is 118 Å². The first-order chi connectivity index (χ1) is 14.4. The number of rotatable bonds is 6. The lowest BCUT2D eigenvalue weighted by molar-refractivity contribution is -0.115. The molecule has 0 unspecified atom stereocenters. The highest BCUT2D eigenvalue weighted by atomic mass is 32.2. The summed E-state index contributed by atoms with van der Waals surface area (Å²) in [5, 5.41) is 11.6. The molecule has 1 amide bonds. The summed E-state index contributed by atoms with van der Waals surface area (Å²) in [5.74, 6) is 1.29. The number of nitrogens with one attached hydrogen (secondary N) is 3. The van der Waals surface area contributed by atoms with Crippen molar-refractivity contribution in [1.82, 2.24) is 24.7 Å². The van der Waals surface area contributed by atoms with Crippen LogP contribution in [0.15, 0.2) is 52.4 Å². The summed E-state index contributed by atoms with van der Waals surface area (Å²) in [6.45, 7) is 1.80. The minimum atomic E-state index is -0.405. The lowest BCUT2D eigenvalue weighted by atomic mass is 10.2. The number of thioether (sulfide) groups is 1. The molecule has 0 aliphatic rings. The second-order valence-corrected chi connectivity index (χ2v) is 7.99. The summed E-state index contributed by atoms with van der Waals surface area (Å²) in [4.78, 5) is 29.4. The van der Waals surface area contributed by atoms with Gasteiger partial charge in [-0.3, -0.25) is 4.79 Å². The molecule has 10 heteroatoms. The number of methoxy groups -OCH3 is 1. The quantitative estimate of drug-likeness (QED) is 0.410. The number of fused-ring (bicyclic) bond motifs is 1. The summed E-state index contributed by atoms with van der Waals surface area (Å²) >= 11 is 1.32. The fourth-order valence-electron chi connectivity index (χ4n) is 2.97. The van der Waals surface area contributed by atoms with E-state index in [0.717, 1.165) is 11.3 Å². The number of carbonyl (C=O) groups is 1. The van der Waals surface area contributed by atoms with Crippen molar-refractivity contribution in [2.45, 2.75) is 17.3 Å². The van der Waals surface area contributed by atoms with E-state index in [0.29, 0.717) is 27.7 Å². The molecule has 2 heterocycles. The number of hydrogen-bond donors (Lipinski definition) is 3. The maximum Gasteiger partial charge on any atom is 0.323 e. The smallest absolute Gasteiger partial charge is 0.323 e. The molecule has 0 saturated heterocycles. The first-order valence-corrected chi connectivity index (χ1v) is 10.1. The highest BCUT2D eigenvalue weighted by molar-refractivity contribution is 8.00. The molecule has 0 bridgehead atoms. The molecule has 0 radical (unpaired) electrons. The number of carbonyl (C=O) groups excluding carboxylic acids is 1. The molecule has 2 aromatic heterocycles. The highest BCUT2D eigenvalue weighted by Gasteiger charge is 2.20. The van der Waals surface area contributed by atoms with Gasteiger partial charge in [0.05, 0.1) is 23.4 Å². The van der Waals surface area contributed by atoms with Crippen molar-refractivity contribution in [2.75, 3.05) is 12.4 Å². The molecule has 4 rings (SSSR count). The predicted molar refractivity (Wildman–Crippen MR) is 116 cm³/mol. The minimum absolute atomic E-state index is 0.175. The summed E-state index contributed by atoms with van der Waals surface area (Å²) < 4.78 is 7.04. The monoisotopic (exact) mass is 424 g/mol. The Bertz CT molecular complexity index is 1260. The van der Waals surface area contributed by atoms with E-state index in [1.54, 1.807) is 32.2 Å². The molecule has 0 spiro atoms. The van der Waals surface area contributed by atoms with Gasteiger partial charge in [0, 0.05) is 18.3 Å². The third-order valence-electron chi connectivity index (χ3n) is 4.62. The number of anilines is 1. The fourth-order valence-corrected chi connectivity index (χ4v) is 3.79. The van der Waals surface area contributed by atoms with Crippen LogP contribution in [-0.2, 0) is 11.8 Å². The molecule has 154 valence electrons. The molecule has 1 atom stereocenters. The van der Waals surface area contributed by atoms with Crippen molar-refractivity contribution < 1.29 is 9.53 Å². The summed E-state index contributed by atoms with van der Waals surface area (Å²) in [6.07, 6.45) is 0. The molecule has 0 aliphatic carbocycles. The summed E-state index contributed by atoms with van der Waals surface area (Å²) in [7, 11) is 3.48. The van der Waals surface area contributed by atoms with Crippen LogP contribution in [-0.4, -0.2) is 43.0 Å². The zero-order chi connectivity index (χ0) is 21.3. The number of amides is 1. The lowest BCUT2D eigenvalue weighted by Gasteiger charge is -2.12. The summed E-state index contributed by atoms with van der Waals surface area (Å²) in [6, 6.07) is 12.7. The van der Waals surface area contributed by atoms with Crippen LogP contribution < -0.4 is 15.7 Å². The predicted octanol–water partition coefficient (Wildman–Crippen LogP) is 2.78. The zero-order valence-electron chi connectivity index (χ0n) is 16.6. The van der Waals surface area contributed by atoms with E-state index in [9.17, 15) is 9.59 Å². The first-order valence-electron chi connectivity index (χ1n) is 9.18. The highest BCUT2D eigenvalue weighted by Crippen LogP contribution is 2.27. The van der Waals surface area contributed by atoms with Gasteiger partial charge in [0.2, 0.25) is 5.91 Å². The number of H-pyrrole nitrogens is 2. The minimum Gasteiger partial charge on any atom is -0.497 e. The molecule has 30 heavy (non-hydrogen) atoms. The molecule has 4 aromatic rings. The molecule has 0 fully saturated rings. The number of nitrogens with zero attached hydrogens (tertiary/aromatic N) is 3. The van der Waals surface area contributed by atoms with Gasteiger partial charge in [-0.1, -0.05) is 11.8 Å². The number of aromatic nitrogens is 5. The Labute approximate surface area is 175 Å². The van der Waals surface area contributed by atoms with Gasteiger partial charge in [0.25, 0.3) is 0 Å². The standard InChI is InChI=1S/C20H20N6O3S/c1-11(18(27)21-13-6-9-15-16(10-13)23-19(28)22-15)30-20-25-24-17(26(20)2)12-4-7-14(29-3)8-5-12/h4-11H,1-3H3,(H,21,27)(H2,22,23,28)/t11-/m0/s1. The van der Waals surface area contributed by atoms with Crippen molar-refractivity contribution in [3.8, 4) is 17.1 Å². The molecule has 0 aliphatic heterocycles. The van der Waals surface area contributed by atoms with Crippen LogP contribution in [0.5, 0.6) is 5.75 Å². The maximum absolute atomic E-state index is 12.6. The van der Waals surface area contributed by atoms with Crippen LogP contribution >= 0.6 is 11.8 Å². The van der Waals surface area contributed by atoms with Crippen LogP contribution in [0.3, 0.4) is 0 Å². The summed E-state index contributed by atoms with van der Waals surface area (Å²) in [5.41, 5.74) is 2.55. The number of benzene rings is 2. The average Bonchev–Trinajstić information content (AvgIpc) is 3.29. The number of imidazole rings is 1. The van der Waals surface area contributed by atoms with Crippen molar-refractivity contribution in [3.63, 3.8) is 0 Å². The van der Waals surface area contributed by atoms with Crippen LogP contribution in [0.2, 0.25) is 0 Å². The van der Waals surface area contributed by atoms with Crippen molar-refractivity contribution in [2.24, 2.45) is 7.05 Å². The largest absolute Gasteiger partial charge is 0.497 e. The normalized spacial score (nSPS) is 12.1. The van der Waals surface area contributed by atoms with Gasteiger partial charge in [0.1, 0.15) is 5.75 Å². The van der Waals surface area contributed by atoms with Crippen LogP contribution in [0.25, 0.3) is 22.4 Å². The third-order valence-corrected chi connectivity index (χ3v) is 5.75. The van der Waals surface area contributed by atoms with Gasteiger partial charge in [0.15, 0.2) is 11.0 Å². The van der Waals surface area contributed by atoms with Crippen LogP contribution in [0.1, 0.15) is 6.92 Å². The van der Waals surface area contributed by atoms with Gasteiger partial charge in [-0.2, -0.15) is 0 Å². The van der Waals surface area contributed by atoms with E-state index in [2.05, 4.69) is 25.5 Å². The fraction of sp³-hybridized carbons (Fsp3) is 0.200. The van der Waals surface area contributed by atoms with Crippen molar-refractivity contribution in [3.05, 3.63) is 52.9 Å². The van der Waals surface area contributed by atoms with Crippen molar-refractivity contribution in [1.29, 1.82) is 0 Å². The van der Waals surface area contributed by atoms with Gasteiger partial charge in [-0.15, -0.1) is 10.2 Å². The molecule has 9 nitrogen and oxygen atoms in total. The molecule has 3 N–H and O–H groups in total. The average molecular weight is 424 g/mol.